The Kier molecular flexibility index (Phi) is 5.64. The minimum atomic E-state index is -2.71. The monoisotopic (exact) mass is 393 g/mol. The van der Waals surface area contributed by atoms with Gasteiger partial charge in [-0.15, -0.1) is 6.42 Å². The van der Waals surface area contributed by atoms with Gasteiger partial charge in [0.15, 0.2) is 0 Å². The van der Waals surface area contributed by atoms with E-state index in [0.29, 0.717) is 13.0 Å². The average Bonchev–Trinajstić information content (AvgIpc) is 3.10. The highest BCUT2D eigenvalue weighted by atomic mass is 28.4. The zero-order valence-corrected chi connectivity index (χ0v) is 17.6. The van der Waals surface area contributed by atoms with Gasteiger partial charge in [0.05, 0.1) is 18.7 Å². The van der Waals surface area contributed by atoms with Crippen LogP contribution in [0.3, 0.4) is 0 Å². The number of rotatable bonds is 4. The highest BCUT2D eigenvalue weighted by Gasteiger charge is 2.52. The van der Waals surface area contributed by atoms with Crippen LogP contribution in [0.1, 0.15) is 27.2 Å². The van der Waals surface area contributed by atoms with Crippen molar-refractivity contribution in [2.24, 2.45) is 0 Å². The van der Waals surface area contributed by atoms with Gasteiger partial charge in [-0.25, -0.2) is 4.79 Å². The van der Waals surface area contributed by atoms with E-state index in [1.807, 2.05) is 36.4 Å². The number of terminal acetylenes is 1. The third kappa shape index (κ3) is 3.58. The molecule has 1 amide bonds. The molecule has 2 aromatic carbocycles. The largest absolute Gasteiger partial charge is 0.465 e. The maximum atomic E-state index is 11.6. The van der Waals surface area contributed by atoms with Crippen molar-refractivity contribution in [1.29, 1.82) is 0 Å². The van der Waals surface area contributed by atoms with E-state index in [1.165, 1.54) is 15.3 Å². The van der Waals surface area contributed by atoms with E-state index in [0.717, 1.165) is 0 Å². The van der Waals surface area contributed by atoms with Crippen molar-refractivity contribution in [3.63, 3.8) is 0 Å². The second-order valence-electron chi connectivity index (χ2n) is 8.26. The second kappa shape index (κ2) is 7.82. The minimum absolute atomic E-state index is 0.155. The first-order chi connectivity index (χ1) is 13.3. The molecule has 4 nitrogen and oxygen atoms in total. The second-order valence-corrected chi connectivity index (χ2v) is 12.5. The molecule has 146 valence electrons. The average molecular weight is 394 g/mol. The summed E-state index contributed by atoms with van der Waals surface area (Å²) < 4.78 is 6.99. The summed E-state index contributed by atoms with van der Waals surface area (Å²) in [7, 11) is -2.71. The quantitative estimate of drug-likeness (QED) is 0.640. The highest BCUT2D eigenvalue weighted by Crippen LogP contribution is 2.39. The molecule has 1 fully saturated rings. The molecule has 0 aromatic heterocycles. The van der Waals surface area contributed by atoms with Crippen LogP contribution in [0.25, 0.3) is 0 Å². The molecule has 1 saturated heterocycles. The van der Waals surface area contributed by atoms with Crippen molar-refractivity contribution < 1.29 is 14.3 Å². The van der Waals surface area contributed by atoms with Crippen LogP contribution in [0.2, 0.25) is 5.04 Å². The van der Waals surface area contributed by atoms with Gasteiger partial charge in [0.2, 0.25) is 0 Å². The molecule has 0 aliphatic carbocycles. The van der Waals surface area contributed by atoms with Gasteiger partial charge in [-0.1, -0.05) is 87.4 Å². The van der Waals surface area contributed by atoms with Gasteiger partial charge in [0, 0.05) is 6.42 Å². The smallest absolute Gasteiger partial charge is 0.408 e. The Balaban J connectivity index is 2.10. The van der Waals surface area contributed by atoms with Crippen LogP contribution in [-0.2, 0) is 4.43 Å². The maximum absolute atomic E-state index is 11.6. The van der Waals surface area contributed by atoms with Gasteiger partial charge in [-0.05, 0) is 15.4 Å². The fraction of sp³-hybridized carbons (Fsp3) is 0.348. The lowest BCUT2D eigenvalue weighted by atomic mass is 10.2. The van der Waals surface area contributed by atoms with E-state index < -0.39 is 20.5 Å². The van der Waals surface area contributed by atoms with Gasteiger partial charge >= 0.3 is 6.09 Å². The molecule has 5 heteroatoms. The zero-order chi connectivity index (χ0) is 20.4. The zero-order valence-electron chi connectivity index (χ0n) is 16.6. The third-order valence-electron chi connectivity index (χ3n) is 5.46. The Morgan fingerprint density at radius 1 is 1.11 bits per heavy atom. The van der Waals surface area contributed by atoms with Crippen LogP contribution in [0.5, 0.6) is 0 Å². The summed E-state index contributed by atoms with van der Waals surface area (Å²) in [5.74, 6) is 2.61. The predicted octanol–water partition coefficient (Wildman–Crippen LogP) is 3.32. The van der Waals surface area contributed by atoms with Crippen LogP contribution >= 0.6 is 0 Å². The molecule has 0 spiro atoms. The molecule has 3 rings (SSSR count). The van der Waals surface area contributed by atoms with Gasteiger partial charge in [-0.3, -0.25) is 4.90 Å². The normalized spacial score (nSPS) is 20.0. The summed E-state index contributed by atoms with van der Waals surface area (Å²) in [5, 5.41) is 11.7. The third-order valence-corrected chi connectivity index (χ3v) is 10.6. The standard InChI is InChI=1S/C23H27NO3Si/c1-5-18-16-19(17-24(18)22(25)26)27-28(23(2,3)4,20-12-8-6-9-13-20)21-14-10-7-11-15-21/h1,6-15,18-19H,16-17H2,2-4H3,(H,25,26)/t18?,19-/m0/s1. The molecule has 1 heterocycles. The minimum Gasteiger partial charge on any atom is -0.465 e. The van der Waals surface area contributed by atoms with Crippen molar-refractivity contribution in [2.75, 3.05) is 6.54 Å². The lowest BCUT2D eigenvalue weighted by Gasteiger charge is -2.44. The predicted molar refractivity (Wildman–Crippen MR) is 114 cm³/mol. The van der Waals surface area contributed by atoms with Crippen molar-refractivity contribution in [1.82, 2.24) is 4.90 Å². The van der Waals surface area contributed by atoms with Gasteiger partial charge in [0.25, 0.3) is 8.32 Å². The topological polar surface area (TPSA) is 49.8 Å². The van der Waals surface area contributed by atoms with Crippen LogP contribution in [-0.4, -0.2) is 43.1 Å². The molecule has 2 aromatic rings. The van der Waals surface area contributed by atoms with Gasteiger partial charge in [0.1, 0.15) is 0 Å². The number of nitrogens with zero attached hydrogens (tertiary/aromatic N) is 1. The van der Waals surface area contributed by atoms with Gasteiger partial charge in [-0.2, -0.15) is 0 Å². The fourth-order valence-electron chi connectivity index (χ4n) is 4.19. The number of benzene rings is 2. The Morgan fingerprint density at radius 2 is 1.61 bits per heavy atom. The number of carboxylic acid groups (broad SMARTS) is 1. The van der Waals surface area contributed by atoms with Crippen molar-refractivity contribution >= 4 is 24.8 Å². The molecule has 1 N–H and O–H groups in total. The molecule has 1 aliphatic heterocycles. The molecule has 0 bridgehead atoms. The highest BCUT2D eigenvalue weighted by molar-refractivity contribution is 6.99. The molecular formula is C23H27NO3Si. The Bertz CT molecular complexity index is 815. The Hall–Kier alpha value is -2.55. The van der Waals surface area contributed by atoms with E-state index in [2.05, 4.69) is 51.0 Å². The SMILES string of the molecule is C#CC1C[C@H](O[Si](c2ccccc2)(c2ccccc2)C(C)(C)C)CN1C(=O)O. The molecule has 1 unspecified atom stereocenters. The molecule has 0 radical (unpaired) electrons. The first-order valence-electron chi connectivity index (χ1n) is 9.54. The van der Waals surface area contributed by atoms with Crippen LogP contribution in [0, 0.1) is 12.3 Å². The maximum Gasteiger partial charge on any atom is 0.408 e. The summed E-state index contributed by atoms with van der Waals surface area (Å²) in [4.78, 5) is 12.9. The van der Waals surface area contributed by atoms with Crippen molar-refractivity contribution in [3.05, 3.63) is 60.7 Å². The van der Waals surface area contributed by atoms with E-state index in [4.69, 9.17) is 10.8 Å². The first kappa shape index (κ1) is 20.2. The Labute approximate surface area is 168 Å². The molecular weight excluding hydrogens is 366 g/mol. The van der Waals surface area contributed by atoms with Gasteiger partial charge < -0.3 is 9.53 Å². The summed E-state index contributed by atoms with van der Waals surface area (Å²) >= 11 is 0. The van der Waals surface area contributed by atoms with E-state index in [1.54, 1.807) is 0 Å². The van der Waals surface area contributed by atoms with E-state index in [9.17, 15) is 9.90 Å². The lowest BCUT2D eigenvalue weighted by Crippen LogP contribution is -2.67. The van der Waals surface area contributed by atoms with E-state index in [-0.39, 0.29) is 11.1 Å². The fourth-order valence-corrected chi connectivity index (χ4v) is 8.88. The molecule has 1 aliphatic rings. The summed E-state index contributed by atoms with van der Waals surface area (Å²) in [6.07, 6.45) is 4.90. The summed E-state index contributed by atoms with van der Waals surface area (Å²) in [6.45, 7) is 6.93. The number of likely N-dealkylation sites (tertiary alicyclic amines) is 1. The summed E-state index contributed by atoms with van der Waals surface area (Å²) in [6, 6.07) is 20.3. The van der Waals surface area contributed by atoms with Crippen LogP contribution in [0.4, 0.5) is 4.79 Å². The van der Waals surface area contributed by atoms with E-state index >= 15 is 0 Å². The number of hydrogen-bond donors (Lipinski definition) is 1. The number of hydrogen-bond acceptors (Lipinski definition) is 2. The summed E-state index contributed by atoms with van der Waals surface area (Å²) in [5.41, 5.74) is 0. The molecule has 0 saturated carbocycles. The Morgan fingerprint density at radius 3 is 1.96 bits per heavy atom. The molecule has 28 heavy (non-hydrogen) atoms. The number of carbonyl (C=O) groups is 1. The molecule has 2 atom stereocenters. The first-order valence-corrected chi connectivity index (χ1v) is 11.4. The van der Waals surface area contributed by atoms with Crippen LogP contribution < -0.4 is 10.4 Å². The van der Waals surface area contributed by atoms with Crippen LogP contribution in [0.15, 0.2) is 60.7 Å². The number of amides is 1. The van der Waals surface area contributed by atoms with Crippen molar-refractivity contribution in [2.45, 2.75) is 44.4 Å². The lowest BCUT2D eigenvalue weighted by molar-refractivity contribution is 0.139. The van der Waals surface area contributed by atoms with Crippen molar-refractivity contribution in [3.8, 4) is 12.3 Å².